The molecule has 0 aliphatic carbocycles. The smallest absolute Gasteiger partial charge is 0.387 e. The van der Waals surface area contributed by atoms with Gasteiger partial charge in [-0.1, -0.05) is 0 Å². The number of thiophene rings is 1. The van der Waals surface area contributed by atoms with Crippen LogP contribution in [-0.4, -0.2) is 44.1 Å². The van der Waals surface area contributed by atoms with Gasteiger partial charge < -0.3 is 15.0 Å². The first-order valence-electron chi connectivity index (χ1n) is 6.58. The Morgan fingerprint density at radius 2 is 2.38 bits per heavy atom. The molecular formula is C13H19ClF2N2O2S. The Morgan fingerprint density at radius 3 is 3.05 bits per heavy atom. The first-order valence-corrected chi connectivity index (χ1v) is 7.46. The maximum Gasteiger partial charge on any atom is 0.387 e. The van der Waals surface area contributed by atoms with Crippen molar-refractivity contribution in [1.82, 2.24) is 10.2 Å². The van der Waals surface area contributed by atoms with Crippen LogP contribution < -0.4 is 10.1 Å². The first-order chi connectivity index (χ1) is 9.61. The minimum Gasteiger partial charge on any atom is -0.433 e. The maximum absolute atomic E-state index is 12.4. The van der Waals surface area contributed by atoms with Crippen molar-refractivity contribution < 1.29 is 18.3 Å². The Labute approximate surface area is 132 Å². The molecule has 8 heteroatoms. The lowest BCUT2D eigenvalue weighted by Crippen LogP contribution is -2.42. The highest BCUT2D eigenvalue weighted by molar-refractivity contribution is 7.12. The van der Waals surface area contributed by atoms with E-state index in [9.17, 15) is 13.6 Å². The molecule has 0 aromatic carbocycles. The average molecular weight is 341 g/mol. The fourth-order valence-corrected chi connectivity index (χ4v) is 3.28. The molecule has 0 bridgehead atoms. The number of nitrogens with zero attached hydrogens (tertiary/aromatic N) is 1. The molecule has 2 rings (SSSR count). The second-order valence-electron chi connectivity index (χ2n) is 4.81. The number of halogens is 3. The summed E-state index contributed by atoms with van der Waals surface area (Å²) in [5.74, 6) is 0.180. The zero-order chi connectivity index (χ0) is 14.5. The zero-order valence-corrected chi connectivity index (χ0v) is 13.3. The van der Waals surface area contributed by atoms with Crippen LogP contribution in [0.1, 0.15) is 22.5 Å². The third-order valence-electron chi connectivity index (χ3n) is 3.34. The van der Waals surface area contributed by atoms with Gasteiger partial charge in [0.05, 0.1) is 0 Å². The molecule has 1 atom stereocenters. The molecule has 1 fully saturated rings. The van der Waals surface area contributed by atoms with Crippen LogP contribution >= 0.6 is 23.7 Å². The molecule has 120 valence electrons. The van der Waals surface area contributed by atoms with E-state index in [0.29, 0.717) is 19.0 Å². The molecule has 1 aromatic rings. The van der Waals surface area contributed by atoms with E-state index in [0.717, 1.165) is 30.7 Å². The summed E-state index contributed by atoms with van der Waals surface area (Å²) in [6, 6.07) is 1.42. The van der Waals surface area contributed by atoms with Crippen LogP contribution in [0, 0.1) is 5.92 Å². The van der Waals surface area contributed by atoms with E-state index in [1.165, 1.54) is 6.07 Å². The van der Waals surface area contributed by atoms with Gasteiger partial charge in [-0.15, -0.1) is 23.7 Å². The second kappa shape index (κ2) is 8.51. The summed E-state index contributed by atoms with van der Waals surface area (Å²) in [6.45, 7) is -0.722. The van der Waals surface area contributed by atoms with Crippen LogP contribution in [-0.2, 0) is 0 Å². The molecular weight excluding hydrogens is 322 g/mol. The quantitative estimate of drug-likeness (QED) is 0.896. The van der Waals surface area contributed by atoms with Gasteiger partial charge in [0.2, 0.25) is 0 Å². The molecule has 4 nitrogen and oxygen atoms in total. The monoisotopic (exact) mass is 340 g/mol. The number of carbonyl (C=O) groups is 1. The molecule has 0 saturated carbocycles. The van der Waals surface area contributed by atoms with Crippen LogP contribution in [0.5, 0.6) is 5.75 Å². The summed E-state index contributed by atoms with van der Waals surface area (Å²) >= 11 is 1.14. The summed E-state index contributed by atoms with van der Waals surface area (Å²) in [5.41, 5.74) is 0. The number of alkyl halides is 2. The predicted octanol–water partition coefficient (Wildman–Crippen LogP) is 2.84. The molecule has 1 aromatic heterocycles. The van der Waals surface area contributed by atoms with E-state index in [-0.39, 0.29) is 28.9 Å². The van der Waals surface area contributed by atoms with E-state index in [1.807, 2.05) is 7.05 Å². The molecule has 1 aliphatic rings. The van der Waals surface area contributed by atoms with E-state index < -0.39 is 6.61 Å². The maximum atomic E-state index is 12.4. The molecule has 0 spiro atoms. The molecule has 21 heavy (non-hydrogen) atoms. The Kier molecular flexibility index (Phi) is 7.34. The van der Waals surface area contributed by atoms with Gasteiger partial charge >= 0.3 is 6.61 Å². The Morgan fingerprint density at radius 1 is 1.62 bits per heavy atom. The normalized spacial score (nSPS) is 18.5. The number of likely N-dealkylation sites (tertiary alicyclic amines) is 1. The molecule has 1 amide bonds. The summed E-state index contributed by atoms with van der Waals surface area (Å²) in [6.07, 6.45) is 2.02. The highest BCUT2D eigenvalue weighted by Crippen LogP contribution is 2.29. The summed E-state index contributed by atoms with van der Waals surface area (Å²) < 4.78 is 29.0. The van der Waals surface area contributed by atoms with Crippen LogP contribution in [0.25, 0.3) is 0 Å². The highest BCUT2D eigenvalue weighted by Gasteiger charge is 2.27. The lowest BCUT2D eigenvalue weighted by Gasteiger charge is -2.32. The van der Waals surface area contributed by atoms with Crippen molar-refractivity contribution >= 4 is 29.7 Å². The lowest BCUT2D eigenvalue weighted by molar-refractivity contribution is -0.0499. The standard InChI is InChI=1S/C13H18F2N2O2S.ClH/c1-16-7-9-3-2-5-17(8-9)12(18)11-10(4-6-20-11)19-13(14)15;/h4,6,9,13,16H,2-3,5,7-8H2,1H3;1H. The van der Waals surface area contributed by atoms with Crippen molar-refractivity contribution in [3.8, 4) is 5.75 Å². The molecule has 1 aliphatic heterocycles. The SMILES string of the molecule is CNCC1CCCN(C(=O)c2sccc2OC(F)F)C1.Cl. The van der Waals surface area contributed by atoms with Gasteiger partial charge in [-0.25, -0.2) is 0 Å². The zero-order valence-electron chi connectivity index (χ0n) is 11.7. The van der Waals surface area contributed by atoms with Gasteiger partial charge in [-0.05, 0) is 43.8 Å². The van der Waals surface area contributed by atoms with E-state index in [2.05, 4.69) is 10.1 Å². The van der Waals surface area contributed by atoms with Gasteiger partial charge in [-0.2, -0.15) is 8.78 Å². The second-order valence-corrected chi connectivity index (χ2v) is 5.73. The number of piperidine rings is 1. The van der Waals surface area contributed by atoms with Gasteiger partial charge in [-0.3, -0.25) is 4.79 Å². The number of hydrogen-bond donors (Lipinski definition) is 1. The van der Waals surface area contributed by atoms with E-state index in [1.54, 1.807) is 10.3 Å². The summed E-state index contributed by atoms with van der Waals surface area (Å²) in [5, 5.41) is 4.71. The number of rotatable bonds is 5. The largest absolute Gasteiger partial charge is 0.433 e. The lowest BCUT2D eigenvalue weighted by atomic mass is 9.98. The highest BCUT2D eigenvalue weighted by atomic mass is 35.5. The van der Waals surface area contributed by atoms with Crippen LogP contribution in [0.15, 0.2) is 11.4 Å². The molecule has 1 unspecified atom stereocenters. The van der Waals surface area contributed by atoms with Crippen LogP contribution in [0.2, 0.25) is 0 Å². The third kappa shape index (κ3) is 4.79. The summed E-state index contributed by atoms with van der Waals surface area (Å²) in [7, 11) is 1.88. The number of hydrogen-bond acceptors (Lipinski definition) is 4. The first kappa shape index (κ1) is 18.1. The Hall–Kier alpha value is -0.920. The molecule has 0 radical (unpaired) electrons. The number of amides is 1. The minimum atomic E-state index is -2.91. The number of ether oxygens (including phenoxy) is 1. The minimum absolute atomic E-state index is 0. The van der Waals surface area contributed by atoms with Crippen LogP contribution in [0.3, 0.4) is 0 Å². The van der Waals surface area contributed by atoms with Crippen molar-refractivity contribution in [2.45, 2.75) is 19.5 Å². The molecule has 1 saturated heterocycles. The number of nitrogens with one attached hydrogen (secondary N) is 1. The van der Waals surface area contributed by atoms with Gasteiger partial charge in [0.15, 0.2) is 0 Å². The van der Waals surface area contributed by atoms with Crippen LogP contribution in [0.4, 0.5) is 8.78 Å². The fraction of sp³-hybridized carbons (Fsp3) is 0.615. The van der Waals surface area contributed by atoms with Gasteiger partial charge in [0.25, 0.3) is 5.91 Å². The summed E-state index contributed by atoms with van der Waals surface area (Å²) in [4.78, 5) is 14.4. The Bertz CT molecular complexity index is 457. The molecule has 2 heterocycles. The van der Waals surface area contributed by atoms with Crippen molar-refractivity contribution in [3.63, 3.8) is 0 Å². The predicted molar refractivity (Wildman–Crippen MR) is 80.8 cm³/mol. The fourth-order valence-electron chi connectivity index (χ4n) is 2.49. The molecule has 1 N–H and O–H groups in total. The number of carbonyl (C=O) groups excluding carboxylic acids is 1. The third-order valence-corrected chi connectivity index (χ3v) is 4.22. The average Bonchev–Trinajstić information content (AvgIpc) is 2.86. The van der Waals surface area contributed by atoms with Crippen molar-refractivity contribution in [1.29, 1.82) is 0 Å². The van der Waals surface area contributed by atoms with Crippen molar-refractivity contribution in [3.05, 3.63) is 16.3 Å². The topological polar surface area (TPSA) is 41.6 Å². The van der Waals surface area contributed by atoms with E-state index >= 15 is 0 Å². The Balaban J connectivity index is 0.00000220. The van der Waals surface area contributed by atoms with E-state index in [4.69, 9.17) is 0 Å². The van der Waals surface area contributed by atoms with Gasteiger partial charge in [0.1, 0.15) is 10.6 Å². The van der Waals surface area contributed by atoms with Gasteiger partial charge in [0, 0.05) is 13.1 Å². The van der Waals surface area contributed by atoms with Crippen molar-refractivity contribution in [2.24, 2.45) is 5.92 Å². The van der Waals surface area contributed by atoms with Crippen molar-refractivity contribution in [2.75, 3.05) is 26.7 Å².